The lowest BCUT2D eigenvalue weighted by Gasteiger charge is -2.20. The van der Waals surface area contributed by atoms with Crippen molar-refractivity contribution in [2.75, 3.05) is 19.5 Å². The van der Waals surface area contributed by atoms with E-state index in [1.165, 1.54) is 0 Å². The van der Waals surface area contributed by atoms with Crippen LogP contribution in [-0.4, -0.2) is 14.2 Å². The molecule has 2 aromatic carbocycles. The number of hydrogen-bond donors (Lipinski definition) is 1. The van der Waals surface area contributed by atoms with Crippen LogP contribution in [0.3, 0.4) is 0 Å². The zero-order chi connectivity index (χ0) is 15.4. The summed E-state index contributed by atoms with van der Waals surface area (Å²) >= 11 is 12.3. The van der Waals surface area contributed by atoms with Crippen LogP contribution in [0.1, 0.15) is 18.5 Å². The molecule has 0 bridgehead atoms. The number of rotatable bonds is 5. The van der Waals surface area contributed by atoms with Gasteiger partial charge in [0.15, 0.2) is 0 Å². The van der Waals surface area contributed by atoms with Crippen molar-refractivity contribution >= 4 is 28.9 Å². The summed E-state index contributed by atoms with van der Waals surface area (Å²) in [6, 6.07) is 11.3. The zero-order valence-corrected chi connectivity index (χ0v) is 13.6. The van der Waals surface area contributed by atoms with E-state index in [4.69, 9.17) is 32.7 Å². The quantitative estimate of drug-likeness (QED) is 0.821. The van der Waals surface area contributed by atoms with Gasteiger partial charge in [0.1, 0.15) is 11.5 Å². The van der Waals surface area contributed by atoms with Crippen LogP contribution in [0, 0.1) is 0 Å². The van der Waals surface area contributed by atoms with E-state index in [9.17, 15) is 0 Å². The Hall–Kier alpha value is -1.58. The van der Waals surface area contributed by atoms with Crippen molar-refractivity contribution in [1.82, 2.24) is 0 Å². The first-order chi connectivity index (χ1) is 10.1. The monoisotopic (exact) mass is 325 g/mol. The molecule has 0 amide bonds. The van der Waals surface area contributed by atoms with E-state index in [1.54, 1.807) is 20.3 Å². The molecule has 0 heterocycles. The molecule has 5 heteroatoms. The molecule has 0 radical (unpaired) electrons. The summed E-state index contributed by atoms with van der Waals surface area (Å²) in [4.78, 5) is 0. The van der Waals surface area contributed by atoms with Crippen molar-refractivity contribution in [2.24, 2.45) is 0 Å². The minimum atomic E-state index is 0.0125. The lowest BCUT2D eigenvalue weighted by atomic mass is 10.1. The fourth-order valence-corrected chi connectivity index (χ4v) is 2.64. The minimum Gasteiger partial charge on any atom is -0.495 e. The minimum absolute atomic E-state index is 0.0125. The van der Waals surface area contributed by atoms with E-state index in [0.717, 1.165) is 16.3 Å². The van der Waals surface area contributed by atoms with Crippen molar-refractivity contribution < 1.29 is 9.47 Å². The number of benzene rings is 2. The van der Waals surface area contributed by atoms with Gasteiger partial charge in [-0.1, -0.05) is 41.4 Å². The first-order valence-electron chi connectivity index (χ1n) is 6.49. The average Bonchev–Trinajstić information content (AvgIpc) is 2.48. The lowest BCUT2D eigenvalue weighted by molar-refractivity contribution is 0.404. The molecule has 0 aliphatic carbocycles. The molecule has 1 N–H and O–H groups in total. The van der Waals surface area contributed by atoms with Crippen molar-refractivity contribution in [3.8, 4) is 11.5 Å². The van der Waals surface area contributed by atoms with Gasteiger partial charge < -0.3 is 14.8 Å². The van der Waals surface area contributed by atoms with Gasteiger partial charge in [-0.05, 0) is 18.6 Å². The number of methoxy groups -OCH3 is 2. The number of nitrogens with one attached hydrogen (secondary N) is 1. The third-order valence-corrected chi connectivity index (χ3v) is 3.86. The normalized spacial score (nSPS) is 11.9. The highest BCUT2D eigenvalue weighted by Gasteiger charge is 2.14. The standard InChI is InChI=1S/C16H17Cl2NO2/c1-10(11-6-4-5-7-12(11)17)19-14-9-15(20-2)13(18)8-16(14)21-3/h4-10,19H,1-3H3. The predicted octanol–water partition coefficient (Wildman–Crippen LogP) is 5.18. The van der Waals surface area contributed by atoms with E-state index in [1.807, 2.05) is 37.3 Å². The lowest BCUT2D eigenvalue weighted by Crippen LogP contribution is -2.08. The molecule has 1 atom stereocenters. The van der Waals surface area contributed by atoms with Gasteiger partial charge in [-0.3, -0.25) is 0 Å². The smallest absolute Gasteiger partial charge is 0.143 e. The predicted molar refractivity (Wildman–Crippen MR) is 88.0 cm³/mol. The van der Waals surface area contributed by atoms with Gasteiger partial charge in [-0.15, -0.1) is 0 Å². The second-order valence-electron chi connectivity index (χ2n) is 4.57. The molecular weight excluding hydrogens is 309 g/mol. The Balaban J connectivity index is 2.32. The second kappa shape index (κ2) is 6.92. The van der Waals surface area contributed by atoms with Crippen LogP contribution in [0.2, 0.25) is 10.0 Å². The summed E-state index contributed by atoms with van der Waals surface area (Å²) in [6.07, 6.45) is 0. The van der Waals surface area contributed by atoms with Crippen molar-refractivity contribution in [2.45, 2.75) is 13.0 Å². The van der Waals surface area contributed by atoms with Gasteiger partial charge in [0.05, 0.1) is 31.0 Å². The fourth-order valence-electron chi connectivity index (χ4n) is 2.11. The Morgan fingerprint density at radius 3 is 2.24 bits per heavy atom. The van der Waals surface area contributed by atoms with Crippen molar-refractivity contribution in [3.05, 3.63) is 52.0 Å². The molecule has 1 unspecified atom stereocenters. The highest BCUT2D eigenvalue weighted by Crippen LogP contribution is 2.38. The molecule has 0 aliphatic rings. The van der Waals surface area contributed by atoms with Crippen LogP contribution in [0.4, 0.5) is 5.69 Å². The van der Waals surface area contributed by atoms with Gasteiger partial charge in [-0.2, -0.15) is 0 Å². The van der Waals surface area contributed by atoms with Gasteiger partial charge in [0, 0.05) is 17.2 Å². The average molecular weight is 326 g/mol. The Kier molecular flexibility index (Phi) is 5.21. The Morgan fingerprint density at radius 1 is 0.952 bits per heavy atom. The maximum atomic E-state index is 6.23. The van der Waals surface area contributed by atoms with Crippen LogP contribution in [0.15, 0.2) is 36.4 Å². The molecule has 0 saturated heterocycles. The largest absolute Gasteiger partial charge is 0.495 e. The summed E-state index contributed by atoms with van der Waals surface area (Å²) in [5, 5.41) is 4.60. The van der Waals surface area contributed by atoms with Gasteiger partial charge in [0.2, 0.25) is 0 Å². The summed E-state index contributed by atoms with van der Waals surface area (Å²) in [5.74, 6) is 1.24. The Morgan fingerprint density at radius 2 is 1.62 bits per heavy atom. The van der Waals surface area contributed by atoms with Crippen molar-refractivity contribution in [3.63, 3.8) is 0 Å². The van der Waals surface area contributed by atoms with E-state index in [-0.39, 0.29) is 6.04 Å². The first-order valence-corrected chi connectivity index (χ1v) is 7.25. The summed E-state index contributed by atoms with van der Waals surface area (Å²) in [7, 11) is 3.18. The van der Waals surface area contributed by atoms with E-state index in [2.05, 4.69) is 5.32 Å². The molecule has 0 fully saturated rings. The molecule has 2 aromatic rings. The third kappa shape index (κ3) is 3.55. The molecule has 0 aromatic heterocycles. The first kappa shape index (κ1) is 15.8. The third-order valence-electron chi connectivity index (χ3n) is 3.22. The second-order valence-corrected chi connectivity index (χ2v) is 5.39. The van der Waals surface area contributed by atoms with Gasteiger partial charge in [-0.25, -0.2) is 0 Å². The van der Waals surface area contributed by atoms with Crippen LogP contribution < -0.4 is 14.8 Å². The number of hydrogen-bond acceptors (Lipinski definition) is 3. The van der Waals surface area contributed by atoms with Gasteiger partial charge in [0.25, 0.3) is 0 Å². The van der Waals surface area contributed by atoms with E-state index < -0.39 is 0 Å². The molecule has 0 spiro atoms. The number of anilines is 1. The van der Waals surface area contributed by atoms with Crippen molar-refractivity contribution in [1.29, 1.82) is 0 Å². The summed E-state index contributed by atoms with van der Waals surface area (Å²) < 4.78 is 10.6. The van der Waals surface area contributed by atoms with E-state index >= 15 is 0 Å². The SMILES string of the molecule is COc1cc(NC(C)c2ccccc2Cl)c(OC)cc1Cl. The summed E-state index contributed by atoms with van der Waals surface area (Å²) in [6.45, 7) is 2.03. The molecular formula is C16H17Cl2NO2. The zero-order valence-electron chi connectivity index (χ0n) is 12.1. The molecule has 3 nitrogen and oxygen atoms in total. The number of halogens is 2. The maximum Gasteiger partial charge on any atom is 0.143 e. The topological polar surface area (TPSA) is 30.5 Å². The molecule has 0 aliphatic heterocycles. The van der Waals surface area contributed by atoms with Crippen LogP contribution in [0.25, 0.3) is 0 Å². The maximum absolute atomic E-state index is 6.23. The highest BCUT2D eigenvalue weighted by atomic mass is 35.5. The highest BCUT2D eigenvalue weighted by molar-refractivity contribution is 6.32. The number of ether oxygens (including phenoxy) is 2. The molecule has 112 valence electrons. The fraction of sp³-hybridized carbons (Fsp3) is 0.250. The van der Waals surface area contributed by atoms with Crippen LogP contribution >= 0.6 is 23.2 Å². The Bertz CT molecular complexity index is 632. The molecule has 21 heavy (non-hydrogen) atoms. The molecule has 0 saturated carbocycles. The van der Waals surface area contributed by atoms with Crippen LogP contribution in [0.5, 0.6) is 11.5 Å². The van der Waals surface area contributed by atoms with Crippen LogP contribution in [-0.2, 0) is 0 Å². The van der Waals surface area contributed by atoms with Gasteiger partial charge >= 0.3 is 0 Å². The van der Waals surface area contributed by atoms with E-state index in [0.29, 0.717) is 16.5 Å². The molecule has 2 rings (SSSR count). The Labute approximate surface area is 134 Å². The summed E-state index contributed by atoms with van der Waals surface area (Å²) in [5.41, 5.74) is 1.81.